The molecule has 0 aliphatic heterocycles. The molecular formula is C17H18N2O2. The smallest absolute Gasteiger partial charge is 0.277 e. The van der Waals surface area contributed by atoms with Crippen LogP contribution in [0.2, 0.25) is 0 Å². The molecule has 0 saturated carbocycles. The molecule has 4 nitrogen and oxygen atoms in total. The maximum absolute atomic E-state index is 11.6. The van der Waals surface area contributed by atoms with Crippen molar-refractivity contribution in [1.29, 1.82) is 0 Å². The summed E-state index contributed by atoms with van der Waals surface area (Å²) in [6.45, 7) is 2.05. The van der Waals surface area contributed by atoms with Crippen molar-refractivity contribution in [3.63, 3.8) is 0 Å². The number of hydrogen-bond donors (Lipinski definition) is 1. The van der Waals surface area contributed by atoms with Crippen molar-refractivity contribution in [3.8, 4) is 5.75 Å². The molecule has 0 heterocycles. The fourth-order valence-electron chi connectivity index (χ4n) is 1.72. The first kappa shape index (κ1) is 14.8. The van der Waals surface area contributed by atoms with E-state index in [1.807, 2.05) is 42.5 Å². The number of carbonyl (C=O) groups is 1. The zero-order chi connectivity index (χ0) is 14.9. The molecule has 0 bridgehead atoms. The van der Waals surface area contributed by atoms with Crippen molar-refractivity contribution >= 4 is 12.1 Å². The number of aryl methyl sites for hydroxylation is 1. The fourth-order valence-corrected chi connectivity index (χ4v) is 1.72. The molecule has 1 amide bonds. The van der Waals surface area contributed by atoms with Crippen LogP contribution < -0.4 is 10.2 Å². The van der Waals surface area contributed by atoms with E-state index in [1.54, 1.807) is 18.3 Å². The Morgan fingerprint density at radius 1 is 1.14 bits per heavy atom. The van der Waals surface area contributed by atoms with Gasteiger partial charge in [0.15, 0.2) is 6.61 Å². The molecule has 1 N–H and O–H groups in total. The molecule has 2 rings (SSSR count). The highest BCUT2D eigenvalue weighted by atomic mass is 16.5. The highest BCUT2D eigenvalue weighted by Crippen LogP contribution is 2.07. The first-order valence-electron chi connectivity index (χ1n) is 6.86. The van der Waals surface area contributed by atoms with E-state index in [1.165, 1.54) is 5.56 Å². The summed E-state index contributed by atoms with van der Waals surface area (Å²) in [5, 5.41) is 3.90. The number of hydrazone groups is 1. The third-order valence-corrected chi connectivity index (χ3v) is 2.90. The lowest BCUT2D eigenvalue weighted by molar-refractivity contribution is -0.123. The SMILES string of the molecule is CCc1ccc(/C=N/NC(=O)COc2ccccc2)cc1. The van der Waals surface area contributed by atoms with Crippen LogP contribution in [0.1, 0.15) is 18.1 Å². The van der Waals surface area contributed by atoms with E-state index in [0.717, 1.165) is 12.0 Å². The number of para-hydroxylation sites is 1. The molecule has 0 atom stereocenters. The Hall–Kier alpha value is -2.62. The van der Waals surface area contributed by atoms with E-state index in [9.17, 15) is 4.79 Å². The van der Waals surface area contributed by atoms with Crippen LogP contribution in [-0.2, 0) is 11.2 Å². The first-order valence-corrected chi connectivity index (χ1v) is 6.86. The third-order valence-electron chi connectivity index (χ3n) is 2.90. The van der Waals surface area contributed by atoms with Gasteiger partial charge in [-0.1, -0.05) is 49.4 Å². The van der Waals surface area contributed by atoms with Gasteiger partial charge >= 0.3 is 0 Å². The molecule has 0 aliphatic rings. The van der Waals surface area contributed by atoms with Crippen LogP contribution in [0, 0.1) is 0 Å². The normalized spacial score (nSPS) is 10.5. The van der Waals surface area contributed by atoms with Gasteiger partial charge in [-0.05, 0) is 29.7 Å². The van der Waals surface area contributed by atoms with Crippen molar-refractivity contribution in [2.24, 2.45) is 5.10 Å². The molecular weight excluding hydrogens is 264 g/mol. The van der Waals surface area contributed by atoms with Gasteiger partial charge in [-0.15, -0.1) is 0 Å². The van der Waals surface area contributed by atoms with Crippen molar-refractivity contribution in [2.75, 3.05) is 6.61 Å². The summed E-state index contributed by atoms with van der Waals surface area (Å²) in [6, 6.07) is 17.2. The van der Waals surface area contributed by atoms with E-state index < -0.39 is 0 Å². The molecule has 0 aliphatic carbocycles. The summed E-state index contributed by atoms with van der Waals surface area (Å²) in [5.41, 5.74) is 4.65. The lowest BCUT2D eigenvalue weighted by Gasteiger charge is -2.04. The summed E-state index contributed by atoms with van der Waals surface area (Å²) < 4.78 is 5.31. The summed E-state index contributed by atoms with van der Waals surface area (Å²) >= 11 is 0. The molecule has 2 aromatic rings. The van der Waals surface area contributed by atoms with E-state index in [2.05, 4.69) is 17.5 Å². The van der Waals surface area contributed by atoms with E-state index in [4.69, 9.17) is 4.74 Å². The molecule has 2 aromatic carbocycles. The summed E-state index contributed by atoms with van der Waals surface area (Å²) in [7, 11) is 0. The monoisotopic (exact) mass is 282 g/mol. The van der Waals surface area contributed by atoms with Crippen molar-refractivity contribution < 1.29 is 9.53 Å². The van der Waals surface area contributed by atoms with Crippen LogP contribution in [0.25, 0.3) is 0 Å². The average molecular weight is 282 g/mol. The highest BCUT2D eigenvalue weighted by molar-refractivity contribution is 5.82. The standard InChI is InChI=1S/C17H18N2O2/c1-2-14-8-10-15(11-9-14)12-18-19-17(20)13-21-16-6-4-3-5-7-16/h3-12H,2,13H2,1H3,(H,19,20)/b18-12+. The lowest BCUT2D eigenvalue weighted by Crippen LogP contribution is -2.24. The lowest BCUT2D eigenvalue weighted by atomic mass is 10.1. The highest BCUT2D eigenvalue weighted by Gasteiger charge is 2.00. The second kappa shape index (κ2) is 7.85. The second-order valence-electron chi connectivity index (χ2n) is 4.49. The van der Waals surface area contributed by atoms with Crippen molar-refractivity contribution in [2.45, 2.75) is 13.3 Å². The topological polar surface area (TPSA) is 50.7 Å². The van der Waals surface area contributed by atoms with Gasteiger partial charge < -0.3 is 4.74 Å². The average Bonchev–Trinajstić information content (AvgIpc) is 2.54. The second-order valence-corrected chi connectivity index (χ2v) is 4.49. The van der Waals surface area contributed by atoms with Gasteiger partial charge in [0.05, 0.1) is 6.21 Å². The minimum atomic E-state index is -0.291. The molecule has 21 heavy (non-hydrogen) atoms. The Kier molecular flexibility index (Phi) is 5.52. The van der Waals surface area contributed by atoms with Crippen LogP contribution in [0.15, 0.2) is 59.7 Å². The molecule has 108 valence electrons. The van der Waals surface area contributed by atoms with Crippen LogP contribution >= 0.6 is 0 Å². The van der Waals surface area contributed by atoms with Gasteiger partial charge in [0.25, 0.3) is 5.91 Å². The van der Waals surface area contributed by atoms with Gasteiger partial charge in [-0.2, -0.15) is 5.10 Å². The van der Waals surface area contributed by atoms with Crippen LogP contribution in [0.5, 0.6) is 5.75 Å². The van der Waals surface area contributed by atoms with Gasteiger partial charge in [0.2, 0.25) is 0 Å². The van der Waals surface area contributed by atoms with Crippen LogP contribution in [-0.4, -0.2) is 18.7 Å². The number of ether oxygens (including phenoxy) is 1. The maximum Gasteiger partial charge on any atom is 0.277 e. The Labute approximate surface area is 124 Å². The Balaban J connectivity index is 1.76. The largest absolute Gasteiger partial charge is 0.484 e. The Morgan fingerprint density at radius 2 is 1.86 bits per heavy atom. The number of rotatable bonds is 6. The predicted molar refractivity (Wildman–Crippen MR) is 83.5 cm³/mol. The number of hydrogen-bond acceptors (Lipinski definition) is 3. The zero-order valence-corrected chi connectivity index (χ0v) is 12.0. The molecule has 0 unspecified atom stereocenters. The van der Waals surface area contributed by atoms with Crippen molar-refractivity contribution in [3.05, 3.63) is 65.7 Å². The van der Waals surface area contributed by atoms with Gasteiger partial charge in [-0.3, -0.25) is 4.79 Å². The van der Waals surface area contributed by atoms with Crippen LogP contribution in [0.4, 0.5) is 0 Å². The van der Waals surface area contributed by atoms with E-state index in [0.29, 0.717) is 5.75 Å². The third kappa shape index (κ3) is 5.10. The zero-order valence-electron chi connectivity index (χ0n) is 12.0. The maximum atomic E-state index is 11.6. The molecule has 0 fully saturated rings. The number of nitrogens with one attached hydrogen (secondary N) is 1. The van der Waals surface area contributed by atoms with Crippen LogP contribution in [0.3, 0.4) is 0 Å². The fraction of sp³-hybridized carbons (Fsp3) is 0.176. The molecule has 0 spiro atoms. The van der Waals surface area contributed by atoms with E-state index in [-0.39, 0.29) is 12.5 Å². The first-order chi connectivity index (χ1) is 10.3. The summed E-state index contributed by atoms with van der Waals surface area (Å²) in [4.78, 5) is 11.6. The summed E-state index contributed by atoms with van der Waals surface area (Å²) in [5.74, 6) is 0.368. The minimum absolute atomic E-state index is 0.0594. The number of carbonyl (C=O) groups excluding carboxylic acids is 1. The van der Waals surface area contributed by atoms with E-state index >= 15 is 0 Å². The van der Waals surface area contributed by atoms with Gasteiger partial charge in [0, 0.05) is 0 Å². The summed E-state index contributed by atoms with van der Waals surface area (Å²) in [6.07, 6.45) is 2.62. The molecule has 0 saturated heterocycles. The number of benzene rings is 2. The molecule has 4 heteroatoms. The van der Waals surface area contributed by atoms with Crippen molar-refractivity contribution in [1.82, 2.24) is 5.43 Å². The minimum Gasteiger partial charge on any atom is -0.484 e. The molecule has 0 aromatic heterocycles. The molecule has 0 radical (unpaired) electrons. The number of nitrogens with zero attached hydrogens (tertiary/aromatic N) is 1. The quantitative estimate of drug-likeness (QED) is 0.654. The number of amides is 1. The van der Waals surface area contributed by atoms with Gasteiger partial charge in [0.1, 0.15) is 5.75 Å². The van der Waals surface area contributed by atoms with Gasteiger partial charge in [-0.25, -0.2) is 5.43 Å². The Morgan fingerprint density at radius 3 is 2.52 bits per heavy atom. The Bertz CT molecular complexity index is 592. The predicted octanol–water partition coefficient (Wildman–Crippen LogP) is 2.78.